The molecule has 0 spiro atoms. The van der Waals surface area contributed by atoms with Crippen LogP contribution >= 0.6 is 0 Å². The number of carboxylic acid groups (broad SMARTS) is 1. The number of rotatable bonds is 9. The fourth-order valence-corrected chi connectivity index (χ4v) is 1.98. The lowest BCUT2D eigenvalue weighted by molar-refractivity contribution is -0.136. The van der Waals surface area contributed by atoms with Crippen molar-refractivity contribution >= 4 is 11.9 Å². The number of carbonyl (C=O) groups is 2. The van der Waals surface area contributed by atoms with E-state index in [2.05, 4.69) is 10.6 Å². The average molecular weight is 347 g/mol. The maximum atomic E-state index is 12.1. The van der Waals surface area contributed by atoms with Crippen LogP contribution in [0.3, 0.4) is 0 Å². The Balaban J connectivity index is 2.75. The van der Waals surface area contributed by atoms with Gasteiger partial charge >= 0.3 is 5.97 Å². The summed E-state index contributed by atoms with van der Waals surface area (Å²) >= 11 is 0. The van der Waals surface area contributed by atoms with Crippen LogP contribution in [0.4, 0.5) is 0 Å². The van der Waals surface area contributed by atoms with E-state index in [4.69, 9.17) is 19.8 Å². The highest BCUT2D eigenvalue weighted by Crippen LogP contribution is 2.29. The van der Waals surface area contributed by atoms with Crippen molar-refractivity contribution in [1.29, 1.82) is 5.26 Å². The molecule has 1 rings (SSSR count). The van der Waals surface area contributed by atoms with Crippen LogP contribution in [-0.2, 0) is 9.59 Å². The summed E-state index contributed by atoms with van der Waals surface area (Å²) < 4.78 is 10.4. The van der Waals surface area contributed by atoms with Gasteiger partial charge in [0.05, 0.1) is 26.7 Å². The van der Waals surface area contributed by atoms with Gasteiger partial charge in [-0.25, -0.2) is 0 Å². The molecule has 1 atom stereocenters. The number of hydrogen-bond acceptors (Lipinski definition) is 6. The molecule has 1 amide bonds. The van der Waals surface area contributed by atoms with Gasteiger partial charge < -0.3 is 25.2 Å². The standard InChI is InChI=1S/C17H21N3O5/c1-11(12-4-5-14(24-2)15(8-12)25-3)20-17(23)13(9-18)10-19-7-6-16(21)22/h4-5,8,10-11,19H,6-7H2,1-3H3,(H,20,23)(H,21,22)/b13-10-. The van der Waals surface area contributed by atoms with E-state index in [1.807, 2.05) is 0 Å². The molecule has 8 nitrogen and oxygen atoms in total. The Hall–Kier alpha value is -3.21. The minimum Gasteiger partial charge on any atom is -0.493 e. The first kappa shape index (κ1) is 19.8. The number of nitrogens with one attached hydrogen (secondary N) is 2. The lowest BCUT2D eigenvalue weighted by Crippen LogP contribution is -2.28. The van der Waals surface area contributed by atoms with E-state index in [-0.39, 0.29) is 24.6 Å². The number of hydrogen-bond donors (Lipinski definition) is 3. The van der Waals surface area contributed by atoms with Gasteiger partial charge in [-0.1, -0.05) is 6.07 Å². The van der Waals surface area contributed by atoms with Gasteiger partial charge in [0.2, 0.25) is 0 Å². The van der Waals surface area contributed by atoms with Crippen molar-refractivity contribution in [2.24, 2.45) is 0 Å². The molecule has 0 heterocycles. The summed E-state index contributed by atoms with van der Waals surface area (Å²) in [6.07, 6.45) is 1.10. The molecule has 0 aliphatic heterocycles. The van der Waals surface area contributed by atoms with Crippen molar-refractivity contribution in [2.45, 2.75) is 19.4 Å². The highest BCUT2D eigenvalue weighted by Gasteiger charge is 2.15. The predicted octanol–water partition coefficient (Wildman–Crippen LogP) is 1.35. The smallest absolute Gasteiger partial charge is 0.305 e. The zero-order valence-electron chi connectivity index (χ0n) is 14.3. The maximum Gasteiger partial charge on any atom is 0.305 e. The van der Waals surface area contributed by atoms with E-state index in [1.165, 1.54) is 20.4 Å². The van der Waals surface area contributed by atoms with Gasteiger partial charge in [-0.3, -0.25) is 9.59 Å². The van der Waals surface area contributed by atoms with E-state index in [0.29, 0.717) is 11.5 Å². The third-order valence-electron chi connectivity index (χ3n) is 3.35. The molecule has 1 aromatic rings. The van der Waals surface area contributed by atoms with E-state index < -0.39 is 11.9 Å². The quantitative estimate of drug-likeness (QED) is 0.350. The Morgan fingerprint density at radius 3 is 2.56 bits per heavy atom. The predicted molar refractivity (Wildman–Crippen MR) is 90.1 cm³/mol. The first-order chi connectivity index (χ1) is 11.9. The fourth-order valence-electron chi connectivity index (χ4n) is 1.98. The van der Waals surface area contributed by atoms with Gasteiger partial charge in [0.15, 0.2) is 11.5 Å². The molecule has 0 bridgehead atoms. The number of nitriles is 1. The molecule has 25 heavy (non-hydrogen) atoms. The van der Waals surface area contributed by atoms with Crippen LogP contribution in [0.15, 0.2) is 30.0 Å². The number of carbonyl (C=O) groups excluding carboxylic acids is 1. The molecule has 0 saturated heterocycles. The van der Waals surface area contributed by atoms with Gasteiger partial charge in [-0.05, 0) is 24.6 Å². The SMILES string of the molecule is COc1ccc(C(C)NC(=O)/C(C#N)=C\NCCC(=O)O)cc1OC. The fraction of sp³-hybridized carbons (Fsp3) is 0.353. The van der Waals surface area contributed by atoms with Crippen molar-refractivity contribution in [3.63, 3.8) is 0 Å². The normalized spacial score (nSPS) is 11.8. The summed E-state index contributed by atoms with van der Waals surface area (Å²) in [4.78, 5) is 22.6. The third kappa shape index (κ3) is 6.06. The lowest BCUT2D eigenvalue weighted by Gasteiger charge is -2.16. The summed E-state index contributed by atoms with van der Waals surface area (Å²) in [6.45, 7) is 1.89. The van der Waals surface area contributed by atoms with E-state index >= 15 is 0 Å². The van der Waals surface area contributed by atoms with Crippen LogP contribution < -0.4 is 20.1 Å². The van der Waals surface area contributed by atoms with E-state index in [0.717, 1.165) is 5.56 Å². The highest BCUT2D eigenvalue weighted by molar-refractivity contribution is 5.97. The largest absolute Gasteiger partial charge is 0.493 e. The van der Waals surface area contributed by atoms with Crippen molar-refractivity contribution in [1.82, 2.24) is 10.6 Å². The van der Waals surface area contributed by atoms with Crippen molar-refractivity contribution in [3.05, 3.63) is 35.5 Å². The lowest BCUT2D eigenvalue weighted by atomic mass is 10.1. The molecule has 8 heteroatoms. The molecule has 0 fully saturated rings. The van der Waals surface area contributed by atoms with Gasteiger partial charge in [0, 0.05) is 12.7 Å². The summed E-state index contributed by atoms with van der Waals surface area (Å²) in [6, 6.07) is 6.66. The van der Waals surface area contributed by atoms with Crippen LogP contribution in [0.25, 0.3) is 0 Å². The minimum absolute atomic E-state index is 0.112. The van der Waals surface area contributed by atoms with Gasteiger partial charge in [0.1, 0.15) is 11.6 Å². The van der Waals surface area contributed by atoms with Gasteiger partial charge in [0.25, 0.3) is 5.91 Å². The minimum atomic E-state index is -0.967. The molecule has 0 aliphatic carbocycles. The topological polar surface area (TPSA) is 121 Å². The molecule has 1 unspecified atom stereocenters. The number of ether oxygens (including phenoxy) is 2. The zero-order chi connectivity index (χ0) is 18.8. The Morgan fingerprint density at radius 1 is 1.32 bits per heavy atom. The monoisotopic (exact) mass is 347 g/mol. The highest BCUT2D eigenvalue weighted by atomic mass is 16.5. The second kappa shape index (κ2) is 9.82. The zero-order valence-corrected chi connectivity index (χ0v) is 14.3. The van der Waals surface area contributed by atoms with E-state index in [1.54, 1.807) is 31.2 Å². The molecule has 0 aromatic heterocycles. The maximum absolute atomic E-state index is 12.1. The molecule has 1 aromatic carbocycles. The molecule has 134 valence electrons. The van der Waals surface area contributed by atoms with E-state index in [9.17, 15) is 9.59 Å². The second-order valence-corrected chi connectivity index (χ2v) is 5.08. The number of aliphatic carboxylic acids is 1. The molecular weight excluding hydrogens is 326 g/mol. The summed E-state index contributed by atoms with van der Waals surface area (Å²) in [5, 5.41) is 22.9. The Kier molecular flexibility index (Phi) is 7.79. The Labute approximate surface area is 146 Å². The van der Waals surface area contributed by atoms with Crippen LogP contribution in [0.2, 0.25) is 0 Å². The van der Waals surface area contributed by atoms with Crippen LogP contribution in [-0.4, -0.2) is 37.7 Å². The van der Waals surface area contributed by atoms with Crippen molar-refractivity contribution < 1.29 is 24.2 Å². The third-order valence-corrected chi connectivity index (χ3v) is 3.35. The van der Waals surface area contributed by atoms with Gasteiger partial charge in [-0.15, -0.1) is 0 Å². The number of benzene rings is 1. The summed E-state index contributed by atoms with van der Waals surface area (Å²) in [5.41, 5.74) is 0.639. The number of amides is 1. The molecule has 0 saturated carbocycles. The second-order valence-electron chi connectivity index (χ2n) is 5.08. The van der Waals surface area contributed by atoms with Crippen molar-refractivity contribution in [3.8, 4) is 17.6 Å². The number of carboxylic acids is 1. The van der Waals surface area contributed by atoms with Crippen LogP contribution in [0, 0.1) is 11.3 Å². The van der Waals surface area contributed by atoms with Crippen LogP contribution in [0.5, 0.6) is 11.5 Å². The Bertz CT molecular complexity index is 694. The van der Waals surface area contributed by atoms with Crippen LogP contribution in [0.1, 0.15) is 24.9 Å². The molecular formula is C17H21N3O5. The molecule has 0 aliphatic rings. The number of methoxy groups -OCH3 is 2. The number of nitrogens with zero attached hydrogens (tertiary/aromatic N) is 1. The van der Waals surface area contributed by atoms with Crippen molar-refractivity contribution in [2.75, 3.05) is 20.8 Å². The summed E-state index contributed by atoms with van der Waals surface area (Å²) in [5.74, 6) is -0.420. The average Bonchev–Trinajstić information content (AvgIpc) is 2.60. The first-order valence-electron chi connectivity index (χ1n) is 7.51. The molecule has 3 N–H and O–H groups in total. The van der Waals surface area contributed by atoms with Gasteiger partial charge in [-0.2, -0.15) is 5.26 Å². The Morgan fingerprint density at radius 2 is 2.00 bits per heavy atom. The molecule has 0 radical (unpaired) electrons. The first-order valence-corrected chi connectivity index (χ1v) is 7.51. The summed E-state index contributed by atoms with van der Waals surface area (Å²) in [7, 11) is 3.05.